The van der Waals surface area contributed by atoms with Gasteiger partial charge in [-0.05, 0) is 58.3 Å². The monoisotopic (exact) mass is 630 g/mol. The number of nitrogens with zero attached hydrogens (tertiary/aromatic N) is 4. The van der Waals surface area contributed by atoms with Crippen LogP contribution in [0.2, 0.25) is 0 Å². The SMILES string of the molecule is c1ccc(-c2cccc(-c3nc(-c4cccc5c4sc4ccccc45)nc(-n4c5ccccc5c5cc6ccccc6cc54)n3)c2)cc1. The second-order valence-electron chi connectivity index (χ2n) is 12.1. The zero-order valence-electron chi connectivity index (χ0n) is 25.7. The van der Waals surface area contributed by atoms with Crippen molar-refractivity contribution >= 4 is 64.1 Å². The number of hydrogen-bond donors (Lipinski definition) is 0. The van der Waals surface area contributed by atoms with Crippen LogP contribution in [0.25, 0.3) is 92.6 Å². The van der Waals surface area contributed by atoms with E-state index in [1.165, 1.54) is 41.7 Å². The lowest BCUT2D eigenvalue weighted by atomic mass is 10.0. The fourth-order valence-corrected chi connectivity index (χ4v) is 8.19. The van der Waals surface area contributed by atoms with Crippen LogP contribution in [0.3, 0.4) is 0 Å². The third kappa shape index (κ3) is 4.25. The van der Waals surface area contributed by atoms with Gasteiger partial charge in [-0.25, -0.2) is 4.98 Å². The van der Waals surface area contributed by atoms with Crippen molar-refractivity contribution in [3.8, 4) is 39.9 Å². The summed E-state index contributed by atoms with van der Waals surface area (Å²) in [6.07, 6.45) is 0. The molecule has 0 saturated heterocycles. The topological polar surface area (TPSA) is 43.6 Å². The number of rotatable bonds is 4. The van der Waals surface area contributed by atoms with Crippen molar-refractivity contribution in [3.05, 3.63) is 158 Å². The average Bonchev–Trinajstić information content (AvgIpc) is 3.69. The first-order valence-corrected chi connectivity index (χ1v) is 16.9. The fraction of sp³-hybridized carbons (Fsp3) is 0. The number of aromatic nitrogens is 4. The van der Waals surface area contributed by atoms with Gasteiger partial charge >= 0.3 is 0 Å². The maximum absolute atomic E-state index is 5.30. The van der Waals surface area contributed by atoms with Crippen molar-refractivity contribution in [1.29, 1.82) is 0 Å². The van der Waals surface area contributed by atoms with Gasteiger partial charge in [0.05, 0.1) is 11.0 Å². The summed E-state index contributed by atoms with van der Waals surface area (Å²) in [7, 11) is 0. The Labute approximate surface area is 280 Å². The molecule has 7 aromatic carbocycles. The van der Waals surface area contributed by atoms with Gasteiger partial charge in [0.25, 0.3) is 0 Å². The largest absolute Gasteiger partial charge is 0.278 e. The molecule has 5 heteroatoms. The van der Waals surface area contributed by atoms with E-state index in [4.69, 9.17) is 15.0 Å². The van der Waals surface area contributed by atoms with Gasteiger partial charge in [0.2, 0.25) is 5.95 Å². The van der Waals surface area contributed by atoms with Crippen molar-refractivity contribution in [2.75, 3.05) is 0 Å². The first-order valence-electron chi connectivity index (χ1n) is 16.0. The Morgan fingerprint density at radius 3 is 1.98 bits per heavy atom. The maximum atomic E-state index is 5.30. The minimum atomic E-state index is 0.597. The first-order chi connectivity index (χ1) is 23.8. The van der Waals surface area contributed by atoms with E-state index in [2.05, 4.69) is 156 Å². The van der Waals surface area contributed by atoms with Crippen LogP contribution < -0.4 is 0 Å². The second-order valence-corrected chi connectivity index (χ2v) is 13.1. The highest BCUT2D eigenvalue weighted by atomic mass is 32.1. The van der Waals surface area contributed by atoms with Crippen LogP contribution in [0.15, 0.2) is 158 Å². The van der Waals surface area contributed by atoms with Crippen LogP contribution in [0.4, 0.5) is 0 Å². The molecule has 0 atom stereocenters. The van der Waals surface area contributed by atoms with Gasteiger partial charge < -0.3 is 0 Å². The summed E-state index contributed by atoms with van der Waals surface area (Å²) in [6.45, 7) is 0. The normalized spacial score (nSPS) is 11.8. The van der Waals surface area contributed by atoms with Crippen LogP contribution in [-0.2, 0) is 0 Å². The van der Waals surface area contributed by atoms with Gasteiger partial charge in [0.15, 0.2) is 11.6 Å². The Kier molecular flexibility index (Phi) is 6.01. The second kappa shape index (κ2) is 10.7. The van der Waals surface area contributed by atoms with Crippen molar-refractivity contribution in [1.82, 2.24) is 19.5 Å². The fourth-order valence-electron chi connectivity index (χ4n) is 6.98. The van der Waals surface area contributed by atoms with Gasteiger partial charge in [0, 0.05) is 42.1 Å². The maximum Gasteiger partial charge on any atom is 0.238 e. The van der Waals surface area contributed by atoms with Gasteiger partial charge in [0.1, 0.15) is 0 Å². The number of fused-ring (bicyclic) bond motifs is 7. The predicted molar refractivity (Wildman–Crippen MR) is 201 cm³/mol. The molecular formula is C43H26N4S. The highest BCUT2D eigenvalue weighted by Gasteiger charge is 2.20. The number of thiophene rings is 1. The smallest absolute Gasteiger partial charge is 0.238 e. The minimum Gasteiger partial charge on any atom is -0.278 e. The Bertz CT molecular complexity index is 2850. The molecule has 0 unspecified atom stereocenters. The summed E-state index contributed by atoms with van der Waals surface area (Å²) in [5.74, 6) is 1.89. The summed E-state index contributed by atoms with van der Waals surface area (Å²) in [5, 5.41) is 7.18. The highest BCUT2D eigenvalue weighted by Crippen LogP contribution is 2.40. The molecule has 224 valence electrons. The van der Waals surface area contributed by atoms with E-state index >= 15 is 0 Å². The van der Waals surface area contributed by atoms with Gasteiger partial charge in [-0.3, -0.25) is 4.57 Å². The van der Waals surface area contributed by atoms with Crippen LogP contribution >= 0.6 is 11.3 Å². The lowest BCUT2D eigenvalue weighted by Crippen LogP contribution is -2.06. The summed E-state index contributed by atoms with van der Waals surface area (Å²) >= 11 is 1.79. The Balaban J connectivity index is 1.28. The zero-order chi connectivity index (χ0) is 31.6. The summed E-state index contributed by atoms with van der Waals surface area (Å²) < 4.78 is 4.63. The van der Waals surface area contributed by atoms with Crippen molar-refractivity contribution in [3.63, 3.8) is 0 Å². The van der Waals surface area contributed by atoms with Crippen LogP contribution in [0.1, 0.15) is 0 Å². The van der Waals surface area contributed by atoms with Gasteiger partial charge in [-0.15, -0.1) is 11.3 Å². The van der Waals surface area contributed by atoms with Crippen molar-refractivity contribution in [2.45, 2.75) is 0 Å². The molecule has 0 saturated carbocycles. The molecule has 4 nitrogen and oxygen atoms in total. The first kappa shape index (κ1) is 27.0. The molecule has 0 amide bonds. The van der Waals surface area contributed by atoms with Crippen LogP contribution in [0.5, 0.6) is 0 Å². The highest BCUT2D eigenvalue weighted by molar-refractivity contribution is 7.26. The number of hydrogen-bond acceptors (Lipinski definition) is 4. The molecule has 0 radical (unpaired) electrons. The van der Waals surface area contributed by atoms with Gasteiger partial charge in [-0.2, -0.15) is 9.97 Å². The molecule has 3 heterocycles. The predicted octanol–water partition coefficient (Wildman–Crippen LogP) is 11.5. The molecule has 0 aliphatic rings. The van der Waals surface area contributed by atoms with Crippen molar-refractivity contribution in [2.24, 2.45) is 0 Å². The van der Waals surface area contributed by atoms with E-state index in [0.717, 1.165) is 33.3 Å². The Hall–Kier alpha value is -6.17. The average molecular weight is 631 g/mol. The van der Waals surface area contributed by atoms with Gasteiger partial charge in [-0.1, -0.05) is 121 Å². The lowest BCUT2D eigenvalue weighted by Gasteiger charge is -2.12. The number of benzene rings is 7. The molecule has 0 aliphatic heterocycles. The third-order valence-electron chi connectivity index (χ3n) is 9.24. The molecule has 0 aliphatic carbocycles. The Morgan fingerprint density at radius 1 is 0.417 bits per heavy atom. The van der Waals surface area contributed by atoms with E-state index in [-0.39, 0.29) is 0 Å². The van der Waals surface area contributed by atoms with Crippen molar-refractivity contribution < 1.29 is 0 Å². The number of para-hydroxylation sites is 1. The van der Waals surface area contributed by atoms with E-state index in [1.807, 2.05) is 6.07 Å². The molecular weight excluding hydrogens is 605 g/mol. The summed E-state index contributed by atoms with van der Waals surface area (Å²) in [5.41, 5.74) is 6.34. The molecule has 0 N–H and O–H groups in total. The van der Waals surface area contributed by atoms with Crippen LogP contribution in [0, 0.1) is 0 Å². The molecule has 3 aromatic heterocycles. The van der Waals surface area contributed by atoms with E-state index in [0.29, 0.717) is 17.6 Å². The molecule has 10 rings (SSSR count). The van der Waals surface area contributed by atoms with E-state index < -0.39 is 0 Å². The third-order valence-corrected chi connectivity index (χ3v) is 10.5. The molecule has 0 spiro atoms. The quantitative estimate of drug-likeness (QED) is 0.194. The molecule has 10 aromatic rings. The Morgan fingerprint density at radius 2 is 1.08 bits per heavy atom. The summed E-state index contributed by atoms with van der Waals surface area (Å²) in [4.78, 5) is 15.8. The zero-order valence-corrected chi connectivity index (χ0v) is 26.5. The summed E-state index contributed by atoms with van der Waals surface area (Å²) in [6, 6.07) is 55.6. The standard InChI is InChI=1S/C43H26N4S/c1-2-12-27(13-3-1)28-16-10-17-31(24-28)41-44-42(35-21-11-20-34-33-19-7-9-23-39(33)48-40(34)35)46-43(45-41)47-37-22-8-6-18-32(37)36-25-29-14-4-5-15-30(29)26-38(36)47/h1-26H. The molecule has 48 heavy (non-hydrogen) atoms. The van der Waals surface area contributed by atoms with Crippen LogP contribution in [-0.4, -0.2) is 19.5 Å². The van der Waals surface area contributed by atoms with E-state index in [9.17, 15) is 0 Å². The van der Waals surface area contributed by atoms with E-state index in [1.54, 1.807) is 11.3 Å². The molecule has 0 fully saturated rings. The molecule has 0 bridgehead atoms. The lowest BCUT2D eigenvalue weighted by molar-refractivity contribution is 0.955. The minimum absolute atomic E-state index is 0.597.